The smallest absolute Gasteiger partial charge is 0.0997 e. The highest BCUT2D eigenvalue weighted by atomic mass is 35.5. The summed E-state index contributed by atoms with van der Waals surface area (Å²) in [6.45, 7) is 6.14. The van der Waals surface area contributed by atoms with Crippen molar-refractivity contribution in [2.75, 3.05) is 0 Å². The number of benzene rings is 1. The van der Waals surface area contributed by atoms with Crippen molar-refractivity contribution in [2.24, 2.45) is 5.73 Å². The molecule has 3 nitrogen and oxygen atoms in total. The van der Waals surface area contributed by atoms with E-state index in [0.29, 0.717) is 0 Å². The minimum Gasteiger partial charge on any atom is -0.327 e. The van der Waals surface area contributed by atoms with Crippen LogP contribution in [0, 0.1) is 13.8 Å². The summed E-state index contributed by atoms with van der Waals surface area (Å²) >= 11 is 6.35. The van der Waals surface area contributed by atoms with E-state index in [0.717, 1.165) is 40.5 Å². The number of hydrogen-bond donors (Lipinski definition) is 1. The summed E-state index contributed by atoms with van der Waals surface area (Å²) in [5.74, 6) is 0. The van der Waals surface area contributed by atoms with Crippen LogP contribution in [0.3, 0.4) is 0 Å². The lowest BCUT2D eigenvalue weighted by atomic mass is 10.0. The van der Waals surface area contributed by atoms with Crippen LogP contribution in [0.1, 0.15) is 30.3 Å². The molecule has 0 aliphatic heterocycles. The Morgan fingerprint density at radius 2 is 2.11 bits per heavy atom. The minimum absolute atomic E-state index is 0.167. The topological polar surface area (TPSA) is 43.8 Å². The second-order valence-corrected chi connectivity index (χ2v) is 5.34. The highest BCUT2D eigenvalue weighted by molar-refractivity contribution is 6.31. The maximum absolute atomic E-state index is 6.35. The molecule has 0 fully saturated rings. The van der Waals surface area contributed by atoms with E-state index in [4.69, 9.17) is 17.3 Å². The van der Waals surface area contributed by atoms with Gasteiger partial charge in [0.25, 0.3) is 0 Å². The second-order valence-electron chi connectivity index (χ2n) is 4.93. The zero-order valence-electron chi connectivity index (χ0n) is 11.7. The molecule has 0 saturated heterocycles. The van der Waals surface area contributed by atoms with Gasteiger partial charge in [-0.2, -0.15) is 0 Å². The van der Waals surface area contributed by atoms with E-state index in [2.05, 4.69) is 31.0 Å². The number of aryl methyl sites for hydroxylation is 1. The average molecular weight is 278 g/mol. The lowest BCUT2D eigenvalue weighted by Gasteiger charge is -2.12. The van der Waals surface area contributed by atoms with Gasteiger partial charge in [0.2, 0.25) is 0 Å². The lowest BCUT2D eigenvalue weighted by Crippen LogP contribution is -2.21. The van der Waals surface area contributed by atoms with Crippen molar-refractivity contribution in [1.29, 1.82) is 0 Å². The van der Waals surface area contributed by atoms with Crippen LogP contribution in [0.25, 0.3) is 5.69 Å². The van der Waals surface area contributed by atoms with Gasteiger partial charge in [0, 0.05) is 22.4 Å². The Balaban J connectivity index is 2.31. The summed E-state index contributed by atoms with van der Waals surface area (Å²) in [7, 11) is 0. The van der Waals surface area contributed by atoms with Gasteiger partial charge >= 0.3 is 0 Å². The fraction of sp³-hybridized carbons (Fsp3) is 0.400. The third-order valence-corrected chi connectivity index (χ3v) is 3.92. The molecule has 1 aromatic carbocycles. The van der Waals surface area contributed by atoms with Gasteiger partial charge in [-0.15, -0.1) is 0 Å². The molecule has 0 aliphatic carbocycles. The summed E-state index contributed by atoms with van der Waals surface area (Å²) in [5, 5.41) is 0.771. The largest absolute Gasteiger partial charge is 0.327 e. The first-order chi connectivity index (χ1) is 9.02. The Labute approximate surface area is 119 Å². The number of nitrogens with two attached hydrogens (primary N) is 1. The number of aromatic nitrogens is 2. The quantitative estimate of drug-likeness (QED) is 0.931. The fourth-order valence-electron chi connectivity index (χ4n) is 2.04. The van der Waals surface area contributed by atoms with Crippen LogP contribution in [0.4, 0.5) is 0 Å². The van der Waals surface area contributed by atoms with Gasteiger partial charge in [0.15, 0.2) is 0 Å². The van der Waals surface area contributed by atoms with Gasteiger partial charge in [-0.25, -0.2) is 4.98 Å². The van der Waals surface area contributed by atoms with Crippen LogP contribution < -0.4 is 5.73 Å². The van der Waals surface area contributed by atoms with E-state index in [-0.39, 0.29) is 6.04 Å². The molecule has 2 N–H and O–H groups in total. The van der Waals surface area contributed by atoms with E-state index in [1.165, 1.54) is 0 Å². The van der Waals surface area contributed by atoms with Crippen molar-refractivity contribution >= 4 is 11.6 Å². The van der Waals surface area contributed by atoms with E-state index in [1.54, 1.807) is 0 Å². The minimum atomic E-state index is 0.167. The van der Waals surface area contributed by atoms with Crippen LogP contribution in [-0.2, 0) is 6.42 Å². The van der Waals surface area contributed by atoms with E-state index >= 15 is 0 Å². The third kappa shape index (κ3) is 2.99. The van der Waals surface area contributed by atoms with Crippen molar-refractivity contribution in [3.8, 4) is 5.69 Å². The molecule has 0 saturated carbocycles. The number of rotatable bonds is 4. The molecule has 102 valence electrons. The number of halogens is 1. The number of nitrogens with zero attached hydrogens (tertiary/aromatic N) is 2. The van der Waals surface area contributed by atoms with Crippen molar-refractivity contribution in [3.05, 3.63) is 46.5 Å². The zero-order chi connectivity index (χ0) is 14.0. The standard InChI is InChI=1S/C15H20ClN3/c1-4-13(17)7-12-5-6-14(8-15(12)16)19-9-18-10(2)11(19)3/h5-6,8-9,13H,4,7,17H2,1-3H3. The maximum Gasteiger partial charge on any atom is 0.0997 e. The first-order valence-electron chi connectivity index (χ1n) is 6.57. The molecule has 0 aliphatic rings. The van der Waals surface area contributed by atoms with E-state index in [1.807, 2.05) is 23.9 Å². The van der Waals surface area contributed by atoms with Crippen LogP contribution in [0.2, 0.25) is 5.02 Å². The Morgan fingerprint density at radius 3 is 2.63 bits per heavy atom. The summed E-state index contributed by atoms with van der Waals surface area (Å²) in [4.78, 5) is 4.31. The molecule has 19 heavy (non-hydrogen) atoms. The first kappa shape index (κ1) is 14.1. The molecular weight excluding hydrogens is 258 g/mol. The normalized spacial score (nSPS) is 12.7. The molecule has 0 amide bonds. The van der Waals surface area contributed by atoms with Crippen LogP contribution in [-0.4, -0.2) is 15.6 Å². The predicted molar refractivity (Wildman–Crippen MR) is 80.0 cm³/mol. The van der Waals surface area contributed by atoms with Crippen LogP contribution in [0.5, 0.6) is 0 Å². The molecule has 1 heterocycles. The highest BCUT2D eigenvalue weighted by Crippen LogP contribution is 2.23. The fourth-order valence-corrected chi connectivity index (χ4v) is 2.29. The maximum atomic E-state index is 6.35. The second kappa shape index (κ2) is 5.76. The Hall–Kier alpha value is -1.32. The number of imidazole rings is 1. The zero-order valence-corrected chi connectivity index (χ0v) is 12.4. The molecule has 1 atom stereocenters. The van der Waals surface area contributed by atoms with Gasteiger partial charge in [0.05, 0.1) is 12.0 Å². The van der Waals surface area contributed by atoms with Crippen molar-refractivity contribution in [2.45, 2.75) is 39.7 Å². The lowest BCUT2D eigenvalue weighted by molar-refractivity contribution is 0.646. The average Bonchev–Trinajstić information content (AvgIpc) is 2.72. The van der Waals surface area contributed by atoms with Crippen LogP contribution in [0.15, 0.2) is 24.5 Å². The van der Waals surface area contributed by atoms with E-state index in [9.17, 15) is 0 Å². The Kier molecular flexibility index (Phi) is 4.27. The number of hydrogen-bond acceptors (Lipinski definition) is 2. The molecule has 0 spiro atoms. The van der Waals surface area contributed by atoms with E-state index < -0.39 is 0 Å². The Bertz CT molecular complexity index is 575. The predicted octanol–water partition coefficient (Wildman–Crippen LogP) is 3.42. The monoisotopic (exact) mass is 277 g/mol. The molecule has 2 rings (SSSR count). The third-order valence-electron chi connectivity index (χ3n) is 3.57. The van der Waals surface area contributed by atoms with Gasteiger partial charge in [-0.1, -0.05) is 24.6 Å². The van der Waals surface area contributed by atoms with Gasteiger partial charge in [-0.05, 0) is 44.4 Å². The van der Waals surface area contributed by atoms with Crippen molar-refractivity contribution in [1.82, 2.24) is 9.55 Å². The summed E-state index contributed by atoms with van der Waals surface area (Å²) < 4.78 is 2.05. The molecule has 0 bridgehead atoms. The molecule has 4 heteroatoms. The molecule has 1 aromatic heterocycles. The summed E-state index contributed by atoms with van der Waals surface area (Å²) in [6, 6.07) is 6.27. The van der Waals surface area contributed by atoms with Gasteiger partial charge in [-0.3, -0.25) is 0 Å². The van der Waals surface area contributed by atoms with Gasteiger partial charge < -0.3 is 10.3 Å². The SMILES string of the molecule is CCC(N)Cc1ccc(-n2cnc(C)c2C)cc1Cl. The highest BCUT2D eigenvalue weighted by Gasteiger charge is 2.09. The van der Waals surface area contributed by atoms with Crippen LogP contribution >= 0.6 is 11.6 Å². The molecule has 0 radical (unpaired) electrons. The first-order valence-corrected chi connectivity index (χ1v) is 6.95. The summed E-state index contributed by atoms with van der Waals surface area (Å²) in [6.07, 6.45) is 3.60. The van der Waals surface area contributed by atoms with Crippen molar-refractivity contribution in [3.63, 3.8) is 0 Å². The molecular formula is C15H20ClN3. The van der Waals surface area contributed by atoms with Gasteiger partial charge in [0.1, 0.15) is 0 Å². The molecule has 1 unspecified atom stereocenters. The Morgan fingerprint density at radius 1 is 1.37 bits per heavy atom. The van der Waals surface area contributed by atoms with Crippen molar-refractivity contribution < 1.29 is 0 Å². The summed E-state index contributed by atoms with van der Waals surface area (Å²) in [5.41, 5.74) is 10.3. The molecule has 2 aromatic rings.